The van der Waals surface area contributed by atoms with E-state index >= 15 is 0 Å². The molecule has 1 aromatic heterocycles. The predicted octanol–water partition coefficient (Wildman–Crippen LogP) is 4.39. The number of aromatic nitrogens is 1. The summed E-state index contributed by atoms with van der Waals surface area (Å²) < 4.78 is 0. The Labute approximate surface area is 148 Å². The molecule has 2 aromatic rings. The van der Waals surface area contributed by atoms with Gasteiger partial charge >= 0.3 is 0 Å². The fourth-order valence-corrected chi connectivity index (χ4v) is 3.70. The van der Waals surface area contributed by atoms with E-state index in [4.69, 9.17) is 0 Å². The van der Waals surface area contributed by atoms with Crippen molar-refractivity contribution < 1.29 is 4.79 Å². The van der Waals surface area contributed by atoms with Crippen LogP contribution in [0.3, 0.4) is 0 Å². The molecule has 24 heavy (non-hydrogen) atoms. The Morgan fingerprint density at radius 1 is 1.29 bits per heavy atom. The summed E-state index contributed by atoms with van der Waals surface area (Å²) in [6.45, 7) is 11.6. The average molecular weight is 346 g/mol. The Morgan fingerprint density at radius 2 is 1.96 bits per heavy atom. The number of hydrogen-bond donors (Lipinski definition) is 1. The fraction of sp³-hybridized carbons (Fsp3) is 0.474. The predicted molar refractivity (Wildman–Crippen MR) is 101 cm³/mol. The molecule has 1 aromatic carbocycles. The third kappa shape index (κ3) is 4.65. The van der Waals surface area contributed by atoms with Gasteiger partial charge in [0.15, 0.2) is 5.13 Å². The van der Waals surface area contributed by atoms with Gasteiger partial charge in [-0.25, -0.2) is 4.98 Å². The van der Waals surface area contributed by atoms with E-state index in [1.807, 2.05) is 18.4 Å². The van der Waals surface area contributed by atoms with Gasteiger partial charge in [0.05, 0.1) is 5.69 Å². The third-order valence-corrected chi connectivity index (χ3v) is 4.87. The molecule has 1 amide bonds. The monoisotopic (exact) mass is 345 g/mol. The molecule has 1 N–H and O–H groups in total. The van der Waals surface area contributed by atoms with Crippen LogP contribution < -0.4 is 10.2 Å². The highest BCUT2D eigenvalue weighted by Gasteiger charge is 2.26. The molecule has 1 atom stereocenters. The van der Waals surface area contributed by atoms with E-state index < -0.39 is 0 Å². The molecule has 0 saturated carbocycles. The van der Waals surface area contributed by atoms with Crippen molar-refractivity contribution in [3.8, 4) is 0 Å². The van der Waals surface area contributed by atoms with Gasteiger partial charge in [-0.3, -0.25) is 9.69 Å². The quantitative estimate of drug-likeness (QED) is 0.844. The molecule has 130 valence electrons. The van der Waals surface area contributed by atoms with Crippen LogP contribution in [0.4, 0.5) is 5.13 Å². The summed E-state index contributed by atoms with van der Waals surface area (Å²) in [6.07, 6.45) is 0. The number of carbonyl (C=O) groups is 1. The number of nitrogens with one attached hydrogen (secondary N) is 1. The van der Waals surface area contributed by atoms with Gasteiger partial charge < -0.3 is 5.32 Å². The minimum absolute atomic E-state index is 0.0308. The SMILES string of the molecule is CCN(C(C)=O)c1nc(CNC(c2ccccc2)C(C)(C)C)cs1. The second kappa shape index (κ2) is 7.90. The Hall–Kier alpha value is -1.72. The first-order valence-electron chi connectivity index (χ1n) is 8.33. The summed E-state index contributed by atoms with van der Waals surface area (Å²) in [7, 11) is 0. The number of benzene rings is 1. The average Bonchev–Trinajstić information content (AvgIpc) is 2.96. The van der Waals surface area contributed by atoms with Gasteiger partial charge in [-0.1, -0.05) is 51.1 Å². The van der Waals surface area contributed by atoms with E-state index in [2.05, 4.69) is 55.3 Å². The summed E-state index contributed by atoms with van der Waals surface area (Å²) in [5.41, 5.74) is 2.34. The summed E-state index contributed by atoms with van der Waals surface area (Å²) in [4.78, 5) is 18.0. The van der Waals surface area contributed by atoms with Crippen molar-refractivity contribution >= 4 is 22.4 Å². The molecule has 0 radical (unpaired) electrons. The van der Waals surface area contributed by atoms with Gasteiger partial charge in [0.25, 0.3) is 0 Å². The molecule has 0 aliphatic carbocycles. The second-order valence-corrected chi connectivity index (χ2v) is 7.81. The van der Waals surface area contributed by atoms with Crippen LogP contribution in [0.5, 0.6) is 0 Å². The van der Waals surface area contributed by atoms with Crippen LogP contribution in [-0.4, -0.2) is 17.4 Å². The highest BCUT2D eigenvalue weighted by molar-refractivity contribution is 7.14. The zero-order valence-corrected chi connectivity index (χ0v) is 16.0. The maximum atomic E-state index is 11.6. The molecule has 1 heterocycles. The van der Waals surface area contributed by atoms with Crippen LogP contribution in [0.25, 0.3) is 0 Å². The van der Waals surface area contributed by atoms with Crippen molar-refractivity contribution in [1.29, 1.82) is 0 Å². The zero-order valence-electron chi connectivity index (χ0n) is 15.2. The van der Waals surface area contributed by atoms with Crippen molar-refractivity contribution in [3.63, 3.8) is 0 Å². The molecule has 1 unspecified atom stereocenters. The molecule has 0 bridgehead atoms. The van der Waals surface area contributed by atoms with Gasteiger partial charge in [-0.05, 0) is 17.9 Å². The largest absolute Gasteiger partial charge is 0.304 e. The lowest BCUT2D eigenvalue weighted by atomic mass is 9.82. The minimum Gasteiger partial charge on any atom is -0.304 e. The van der Waals surface area contributed by atoms with E-state index in [0.717, 1.165) is 10.8 Å². The van der Waals surface area contributed by atoms with E-state index in [1.165, 1.54) is 16.9 Å². The molecule has 5 heteroatoms. The standard InChI is InChI=1S/C19H27N3OS/c1-6-22(14(2)23)18-21-16(13-24-18)12-20-17(19(3,4)5)15-10-8-7-9-11-15/h7-11,13,17,20H,6,12H2,1-5H3. The van der Waals surface area contributed by atoms with E-state index in [0.29, 0.717) is 13.1 Å². The number of thiazole rings is 1. The topological polar surface area (TPSA) is 45.2 Å². The van der Waals surface area contributed by atoms with Crippen LogP contribution in [0, 0.1) is 5.41 Å². The second-order valence-electron chi connectivity index (χ2n) is 6.98. The lowest BCUT2D eigenvalue weighted by molar-refractivity contribution is -0.116. The summed E-state index contributed by atoms with van der Waals surface area (Å²) in [5, 5.41) is 6.43. The maximum absolute atomic E-state index is 11.6. The van der Waals surface area contributed by atoms with Crippen molar-refractivity contribution in [3.05, 3.63) is 47.0 Å². The smallest absolute Gasteiger partial charge is 0.225 e. The van der Waals surface area contributed by atoms with Gasteiger partial charge in [-0.2, -0.15) is 0 Å². The molecule has 4 nitrogen and oxygen atoms in total. The molecule has 0 fully saturated rings. The third-order valence-electron chi connectivity index (χ3n) is 3.95. The summed E-state index contributed by atoms with van der Waals surface area (Å²) in [6, 6.07) is 10.7. The molecular formula is C19H27N3OS. The van der Waals surface area contributed by atoms with E-state index in [1.54, 1.807) is 11.8 Å². The van der Waals surface area contributed by atoms with Crippen molar-refractivity contribution in [2.75, 3.05) is 11.4 Å². The van der Waals surface area contributed by atoms with Crippen LogP contribution in [-0.2, 0) is 11.3 Å². The Morgan fingerprint density at radius 3 is 2.50 bits per heavy atom. The highest BCUT2D eigenvalue weighted by atomic mass is 32.1. The molecule has 0 aliphatic rings. The van der Waals surface area contributed by atoms with Crippen LogP contribution >= 0.6 is 11.3 Å². The van der Waals surface area contributed by atoms with Crippen LogP contribution in [0.2, 0.25) is 0 Å². The van der Waals surface area contributed by atoms with Gasteiger partial charge in [-0.15, -0.1) is 11.3 Å². The minimum atomic E-state index is 0.0308. The number of anilines is 1. The van der Waals surface area contributed by atoms with Crippen LogP contribution in [0.15, 0.2) is 35.7 Å². The Kier molecular flexibility index (Phi) is 6.13. The number of carbonyl (C=O) groups excluding carboxylic acids is 1. The molecule has 0 spiro atoms. The van der Waals surface area contributed by atoms with Gasteiger partial charge in [0.1, 0.15) is 0 Å². The first kappa shape index (κ1) is 18.6. The summed E-state index contributed by atoms with van der Waals surface area (Å²) in [5.74, 6) is 0.0308. The molecule has 2 rings (SSSR count). The number of amides is 1. The van der Waals surface area contributed by atoms with Gasteiger partial charge in [0, 0.05) is 31.4 Å². The number of nitrogens with zero attached hydrogens (tertiary/aromatic N) is 2. The number of rotatable bonds is 6. The van der Waals surface area contributed by atoms with E-state index in [9.17, 15) is 4.79 Å². The Balaban J connectivity index is 2.10. The normalized spacial score (nSPS) is 12.9. The maximum Gasteiger partial charge on any atom is 0.225 e. The zero-order chi connectivity index (χ0) is 17.7. The number of hydrogen-bond acceptors (Lipinski definition) is 4. The molecule has 0 saturated heterocycles. The fourth-order valence-electron chi connectivity index (χ4n) is 2.77. The molecular weight excluding hydrogens is 318 g/mol. The first-order chi connectivity index (χ1) is 11.3. The first-order valence-corrected chi connectivity index (χ1v) is 9.21. The Bertz CT molecular complexity index is 661. The van der Waals surface area contributed by atoms with Crippen molar-refractivity contribution in [2.45, 2.75) is 47.2 Å². The lowest BCUT2D eigenvalue weighted by Gasteiger charge is -2.32. The summed E-state index contributed by atoms with van der Waals surface area (Å²) >= 11 is 1.52. The molecule has 0 aliphatic heterocycles. The van der Waals surface area contributed by atoms with Gasteiger partial charge in [0.2, 0.25) is 5.91 Å². The van der Waals surface area contributed by atoms with Crippen molar-refractivity contribution in [2.24, 2.45) is 5.41 Å². The van der Waals surface area contributed by atoms with Crippen molar-refractivity contribution in [1.82, 2.24) is 10.3 Å². The lowest BCUT2D eigenvalue weighted by Crippen LogP contribution is -2.32. The van der Waals surface area contributed by atoms with E-state index in [-0.39, 0.29) is 17.4 Å². The highest BCUT2D eigenvalue weighted by Crippen LogP contribution is 2.33. The van der Waals surface area contributed by atoms with Crippen LogP contribution in [0.1, 0.15) is 51.9 Å².